The molecule has 0 aliphatic rings. The highest BCUT2D eigenvalue weighted by molar-refractivity contribution is 7.80. The van der Waals surface area contributed by atoms with E-state index in [0.717, 1.165) is 5.65 Å². The molecule has 0 aliphatic heterocycles. The molecule has 2 aromatic heterocycles. The molecule has 2 aromatic rings. The number of aromatic nitrogens is 4. The molecule has 0 spiro atoms. The van der Waals surface area contributed by atoms with Gasteiger partial charge in [-0.25, -0.2) is 4.98 Å². The van der Waals surface area contributed by atoms with Gasteiger partial charge in [0.2, 0.25) is 0 Å². The zero-order valence-corrected chi connectivity index (χ0v) is 5.86. The Balaban J connectivity index is 2.86. The molecule has 4 nitrogen and oxygen atoms in total. The standard InChI is InChI=1S/C5H4N4S/c10-5-2-1-4-6-3-7-9(4)8-5/h1-3H,(H,8,10). The average molecular weight is 152 g/mol. The molecule has 0 unspecified atom stereocenters. The minimum Gasteiger partial charge on any atom is -0.213 e. The molecular weight excluding hydrogens is 148 g/mol. The topological polar surface area (TPSA) is 43.1 Å². The fraction of sp³-hybridized carbons (Fsp3) is 0. The first kappa shape index (κ1) is 5.67. The van der Waals surface area contributed by atoms with Crippen molar-refractivity contribution in [2.75, 3.05) is 0 Å². The number of fused-ring (bicyclic) bond motifs is 1. The second kappa shape index (κ2) is 1.95. The second-order valence-corrected chi connectivity index (χ2v) is 2.26. The van der Waals surface area contributed by atoms with Gasteiger partial charge in [0.1, 0.15) is 11.4 Å². The van der Waals surface area contributed by atoms with E-state index >= 15 is 0 Å². The molecule has 0 saturated carbocycles. The van der Waals surface area contributed by atoms with E-state index in [9.17, 15) is 0 Å². The first-order valence-corrected chi connectivity index (χ1v) is 3.17. The van der Waals surface area contributed by atoms with Crippen LogP contribution in [-0.2, 0) is 0 Å². The Bertz CT molecular complexity index is 355. The van der Waals surface area contributed by atoms with Gasteiger partial charge in [-0.3, -0.25) is 0 Å². The number of thiol groups is 1. The smallest absolute Gasteiger partial charge is 0.176 e. The van der Waals surface area contributed by atoms with E-state index in [0.29, 0.717) is 5.03 Å². The number of hydrogen-bond donors (Lipinski definition) is 1. The Labute approximate surface area is 62.3 Å². The summed E-state index contributed by atoms with van der Waals surface area (Å²) in [5.41, 5.74) is 0.734. The Hall–Kier alpha value is -1.10. The van der Waals surface area contributed by atoms with Crippen molar-refractivity contribution in [2.24, 2.45) is 0 Å². The summed E-state index contributed by atoms with van der Waals surface area (Å²) in [5, 5.41) is 8.41. The van der Waals surface area contributed by atoms with Crippen molar-refractivity contribution in [3.8, 4) is 0 Å². The average Bonchev–Trinajstić information content (AvgIpc) is 2.33. The molecule has 0 amide bonds. The normalized spacial score (nSPS) is 10.5. The van der Waals surface area contributed by atoms with Crippen LogP contribution in [0.15, 0.2) is 23.5 Å². The lowest BCUT2D eigenvalue weighted by Gasteiger charge is -1.89. The highest BCUT2D eigenvalue weighted by atomic mass is 32.1. The molecule has 0 bridgehead atoms. The van der Waals surface area contributed by atoms with Crippen LogP contribution in [0.1, 0.15) is 0 Å². The van der Waals surface area contributed by atoms with E-state index < -0.39 is 0 Å². The molecule has 0 atom stereocenters. The largest absolute Gasteiger partial charge is 0.213 e. The third kappa shape index (κ3) is 0.750. The summed E-state index contributed by atoms with van der Waals surface area (Å²) in [5.74, 6) is 0. The first-order chi connectivity index (χ1) is 4.86. The second-order valence-electron chi connectivity index (χ2n) is 1.80. The predicted octanol–water partition coefficient (Wildman–Crippen LogP) is 0.413. The highest BCUT2D eigenvalue weighted by Gasteiger charge is 1.93. The molecule has 0 radical (unpaired) electrons. The molecule has 2 heterocycles. The van der Waals surface area contributed by atoms with E-state index in [4.69, 9.17) is 0 Å². The molecular formula is C5H4N4S. The SMILES string of the molecule is Sc1ccc2ncnn2n1. The summed E-state index contributed by atoms with van der Waals surface area (Å²) in [7, 11) is 0. The molecule has 0 fully saturated rings. The third-order valence-electron chi connectivity index (χ3n) is 1.13. The van der Waals surface area contributed by atoms with Gasteiger partial charge < -0.3 is 0 Å². The van der Waals surface area contributed by atoms with Crippen LogP contribution in [-0.4, -0.2) is 19.8 Å². The van der Waals surface area contributed by atoms with Crippen molar-refractivity contribution >= 4 is 18.3 Å². The van der Waals surface area contributed by atoms with Crippen LogP contribution >= 0.6 is 12.6 Å². The van der Waals surface area contributed by atoms with E-state index in [1.165, 1.54) is 11.0 Å². The lowest BCUT2D eigenvalue weighted by molar-refractivity contribution is 0.754. The van der Waals surface area contributed by atoms with E-state index in [2.05, 4.69) is 27.8 Å². The molecule has 0 N–H and O–H groups in total. The first-order valence-electron chi connectivity index (χ1n) is 2.72. The molecule has 50 valence electrons. The highest BCUT2D eigenvalue weighted by Crippen LogP contribution is 2.00. The Morgan fingerprint density at radius 2 is 2.30 bits per heavy atom. The van der Waals surface area contributed by atoms with Gasteiger partial charge in [-0.15, -0.1) is 27.5 Å². The molecule has 10 heavy (non-hydrogen) atoms. The van der Waals surface area contributed by atoms with Crippen molar-refractivity contribution in [1.29, 1.82) is 0 Å². The summed E-state index contributed by atoms with van der Waals surface area (Å²) in [6.45, 7) is 0. The van der Waals surface area contributed by atoms with Crippen LogP contribution < -0.4 is 0 Å². The van der Waals surface area contributed by atoms with Crippen molar-refractivity contribution in [3.63, 3.8) is 0 Å². The number of rotatable bonds is 0. The fourth-order valence-corrected chi connectivity index (χ4v) is 0.870. The van der Waals surface area contributed by atoms with Crippen molar-refractivity contribution in [3.05, 3.63) is 18.5 Å². The number of hydrogen-bond acceptors (Lipinski definition) is 4. The van der Waals surface area contributed by atoms with Gasteiger partial charge in [-0.05, 0) is 12.1 Å². The van der Waals surface area contributed by atoms with Gasteiger partial charge in [0.25, 0.3) is 0 Å². The monoisotopic (exact) mass is 152 g/mol. The van der Waals surface area contributed by atoms with Gasteiger partial charge >= 0.3 is 0 Å². The zero-order valence-electron chi connectivity index (χ0n) is 4.97. The van der Waals surface area contributed by atoms with Crippen LogP contribution in [0.3, 0.4) is 0 Å². The number of nitrogens with zero attached hydrogens (tertiary/aromatic N) is 4. The van der Waals surface area contributed by atoms with Gasteiger partial charge in [-0.1, -0.05) is 0 Å². The lowest BCUT2D eigenvalue weighted by atomic mass is 10.6. The molecule has 2 rings (SSSR count). The van der Waals surface area contributed by atoms with Crippen LogP contribution in [0.5, 0.6) is 0 Å². The van der Waals surface area contributed by atoms with Gasteiger partial charge in [0, 0.05) is 0 Å². The van der Waals surface area contributed by atoms with Crippen molar-refractivity contribution < 1.29 is 0 Å². The summed E-state index contributed by atoms with van der Waals surface area (Å²) in [6, 6.07) is 3.58. The van der Waals surface area contributed by atoms with Crippen LogP contribution in [0.25, 0.3) is 5.65 Å². The maximum atomic E-state index is 4.04. The maximum absolute atomic E-state index is 4.04. The molecule has 0 saturated heterocycles. The van der Waals surface area contributed by atoms with Crippen LogP contribution in [0.2, 0.25) is 0 Å². The van der Waals surface area contributed by atoms with Crippen LogP contribution in [0, 0.1) is 0 Å². The predicted molar refractivity (Wildman–Crippen MR) is 38.0 cm³/mol. The minimum absolute atomic E-state index is 0.637. The summed E-state index contributed by atoms with van der Waals surface area (Å²) < 4.78 is 1.43. The minimum atomic E-state index is 0.637. The van der Waals surface area contributed by atoms with E-state index in [1.54, 1.807) is 6.07 Å². The summed E-state index contributed by atoms with van der Waals surface area (Å²) in [4.78, 5) is 3.92. The van der Waals surface area contributed by atoms with Gasteiger partial charge in [0.15, 0.2) is 5.65 Å². The molecule has 0 aromatic carbocycles. The summed E-state index contributed by atoms with van der Waals surface area (Å²) in [6.07, 6.45) is 1.45. The summed E-state index contributed by atoms with van der Waals surface area (Å²) >= 11 is 4.04. The Morgan fingerprint density at radius 3 is 3.20 bits per heavy atom. The fourth-order valence-electron chi connectivity index (χ4n) is 0.711. The maximum Gasteiger partial charge on any atom is 0.176 e. The molecule has 5 heteroatoms. The quantitative estimate of drug-likeness (QED) is 0.556. The van der Waals surface area contributed by atoms with Gasteiger partial charge in [0.05, 0.1) is 0 Å². The Kier molecular flexibility index (Phi) is 1.10. The third-order valence-corrected chi connectivity index (χ3v) is 1.37. The van der Waals surface area contributed by atoms with Crippen molar-refractivity contribution in [2.45, 2.75) is 5.03 Å². The van der Waals surface area contributed by atoms with Crippen molar-refractivity contribution in [1.82, 2.24) is 19.8 Å². The van der Waals surface area contributed by atoms with Gasteiger partial charge in [-0.2, -0.15) is 0 Å². The zero-order chi connectivity index (χ0) is 6.97. The lowest BCUT2D eigenvalue weighted by Crippen LogP contribution is -1.92. The Morgan fingerprint density at radius 1 is 1.40 bits per heavy atom. The van der Waals surface area contributed by atoms with Crippen LogP contribution in [0.4, 0.5) is 0 Å². The molecule has 0 aliphatic carbocycles. The van der Waals surface area contributed by atoms with E-state index in [1.807, 2.05) is 6.07 Å². The van der Waals surface area contributed by atoms with E-state index in [-0.39, 0.29) is 0 Å².